The fourth-order valence-corrected chi connectivity index (χ4v) is 3.26. The van der Waals surface area contributed by atoms with Gasteiger partial charge in [-0.3, -0.25) is 25.5 Å². The number of rotatable bonds is 5. The second-order valence-corrected chi connectivity index (χ2v) is 6.58. The third kappa shape index (κ3) is 4.92. The zero-order chi connectivity index (χ0) is 17.5. The monoisotopic (exact) mass is 340 g/mol. The van der Waals surface area contributed by atoms with Crippen molar-refractivity contribution in [2.75, 3.05) is 0 Å². The van der Waals surface area contributed by atoms with Crippen molar-refractivity contribution in [2.24, 2.45) is 5.92 Å². The van der Waals surface area contributed by atoms with Gasteiger partial charge in [0.25, 0.3) is 5.91 Å². The minimum Gasteiger partial charge on any atom is -0.273 e. The Kier molecular flexibility index (Phi) is 5.82. The first-order valence-corrected chi connectivity index (χ1v) is 8.92. The predicted molar refractivity (Wildman–Crippen MR) is 95.4 cm³/mol. The van der Waals surface area contributed by atoms with Gasteiger partial charge in [-0.05, 0) is 18.4 Å². The van der Waals surface area contributed by atoms with Crippen LogP contribution in [-0.2, 0) is 4.79 Å². The molecule has 2 amide bonds. The van der Waals surface area contributed by atoms with Gasteiger partial charge in [-0.15, -0.1) is 0 Å². The van der Waals surface area contributed by atoms with Crippen LogP contribution in [0.25, 0.3) is 11.3 Å². The van der Waals surface area contributed by atoms with E-state index in [0.29, 0.717) is 23.7 Å². The first-order valence-electron chi connectivity index (χ1n) is 8.92. The lowest BCUT2D eigenvalue weighted by Gasteiger charge is -2.20. The van der Waals surface area contributed by atoms with Crippen molar-refractivity contribution in [3.8, 4) is 11.3 Å². The molecule has 1 heterocycles. The van der Waals surface area contributed by atoms with Crippen molar-refractivity contribution in [1.29, 1.82) is 0 Å². The van der Waals surface area contributed by atoms with Crippen LogP contribution < -0.4 is 10.9 Å². The molecule has 1 aromatic heterocycles. The molecule has 6 heteroatoms. The Morgan fingerprint density at radius 1 is 1.08 bits per heavy atom. The summed E-state index contributed by atoms with van der Waals surface area (Å²) in [6, 6.07) is 11.3. The lowest BCUT2D eigenvalue weighted by Crippen LogP contribution is -2.41. The highest BCUT2D eigenvalue weighted by molar-refractivity contribution is 5.94. The first kappa shape index (κ1) is 17.2. The third-order valence-corrected chi connectivity index (χ3v) is 4.71. The molecule has 0 unspecified atom stereocenters. The van der Waals surface area contributed by atoms with Gasteiger partial charge in [0, 0.05) is 12.0 Å². The molecule has 0 aliphatic heterocycles. The zero-order valence-corrected chi connectivity index (χ0v) is 14.3. The average molecular weight is 340 g/mol. The largest absolute Gasteiger partial charge is 0.287 e. The van der Waals surface area contributed by atoms with Gasteiger partial charge < -0.3 is 0 Å². The van der Waals surface area contributed by atoms with E-state index >= 15 is 0 Å². The Labute approximate surface area is 147 Å². The van der Waals surface area contributed by atoms with Crippen LogP contribution in [0.3, 0.4) is 0 Å². The van der Waals surface area contributed by atoms with Crippen LogP contribution in [0.2, 0.25) is 0 Å². The first-order chi connectivity index (χ1) is 12.2. The maximum Gasteiger partial charge on any atom is 0.287 e. The van der Waals surface area contributed by atoms with E-state index in [0.717, 1.165) is 12.0 Å². The van der Waals surface area contributed by atoms with Crippen molar-refractivity contribution in [2.45, 2.75) is 44.9 Å². The topological polar surface area (TPSA) is 86.9 Å². The van der Waals surface area contributed by atoms with Crippen LogP contribution in [0.4, 0.5) is 0 Å². The number of amides is 2. The molecule has 132 valence electrons. The fourth-order valence-electron chi connectivity index (χ4n) is 3.26. The van der Waals surface area contributed by atoms with Crippen LogP contribution >= 0.6 is 0 Å². The number of nitrogens with zero attached hydrogens (tertiary/aromatic N) is 1. The number of aromatic nitrogens is 2. The Hall–Kier alpha value is -2.63. The molecule has 2 aromatic rings. The fraction of sp³-hybridized carbons (Fsp3) is 0.421. The minimum atomic E-state index is -0.402. The molecule has 3 rings (SSSR count). The van der Waals surface area contributed by atoms with Gasteiger partial charge in [0.05, 0.1) is 5.69 Å². The number of H-pyrrole nitrogens is 1. The predicted octanol–water partition coefficient (Wildman–Crippen LogP) is 3.20. The molecule has 0 spiro atoms. The molecule has 0 saturated heterocycles. The normalized spacial score (nSPS) is 14.9. The van der Waals surface area contributed by atoms with Crippen molar-refractivity contribution in [3.63, 3.8) is 0 Å². The van der Waals surface area contributed by atoms with Gasteiger partial charge in [-0.1, -0.05) is 62.4 Å². The van der Waals surface area contributed by atoms with E-state index in [1.165, 1.54) is 32.1 Å². The zero-order valence-electron chi connectivity index (χ0n) is 14.3. The van der Waals surface area contributed by atoms with E-state index in [4.69, 9.17) is 0 Å². The van der Waals surface area contributed by atoms with Gasteiger partial charge in [-0.2, -0.15) is 5.10 Å². The number of benzene rings is 1. The van der Waals surface area contributed by atoms with Crippen molar-refractivity contribution in [1.82, 2.24) is 21.0 Å². The summed E-state index contributed by atoms with van der Waals surface area (Å²) in [6.07, 6.45) is 7.63. The average Bonchev–Trinajstić information content (AvgIpc) is 3.16. The number of aromatic amines is 1. The van der Waals surface area contributed by atoms with Crippen LogP contribution in [0.1, 0.15) is 55.4 Å². The summed E-state index contributed by atoms with van der Waals surface area (Å²) in [4.78, 5) is 24.0. The number of nitrogens with one attached hydrogen (secondary N) is 3. The smallest absolute Gasteiger partial charge is 0.273 e. The summed E-state index contributed by atoms with van der Waals surface area (Å²) in [6.45, 7) is 0. The van der Waals surface area contributed by atoms with Crippen LogP contribution in [0.5, 0.6) is 0 Å². The molecule has 6 nitrogen and oxygen atoms in total. The van der Waals surface area contributed by atoms with E-state index in [9.17, 15) is 9.59 Å². The molecule has 1 aliphatic rings. The molecule has 1 aromatic carbocycles. The maximum atomic E-state index is 12.1. The Bertz CT molecular complexity index is 705. The van der Waals surface area contributed by atoms with Gasteiger partial charge in [0.2, 0.25) is 5.91 Å². The highest BCUT2D eigenvalue weighted by Crippen LogP contribution is 2.27. The molecule has 25 heavy (non-hydrogen) atoms. The molecule has 1 aliphatic carbocycles. The van der Waals surface area contributed by atoms with Crippen LogP contribution in [0.15, 0.2) is 36.4 Å². The van der Waals surface area contributed by atoms with E-state index < -0.39 is 5.91 Å². The van der Waals surface area contributed by atoms with E-state index in [1.807, 2.05) is 30.3 Å². The minimum absolute atomic E-state index is 0.151. The highest BCUT2D eigenvalue weighted by atomic mass is 16.2. The van der Waals surface area contributed by atoms with Crippen LogP contribution in [0, 0.1) is 5.92 Å². The summed E-state index contributed by atoms with van der Waals surface area (Å²) in [5, 5.41) is 6.83. The summed E-state index contributed by atoms with van der Waals surface area (Å²) in [5.41, 5.74) is 6.85. The van der Waals surface area contributed by atoms with Crippen molar-refractivity contribution in [3.05, 3.63) is 42.1 Å². The van der Waals surface area contributed by atoms with Crippen molar-refractivity contribution >= 4 is 11.8 Å². The Morgan fingerprint density at radius 3 is 2.60 bits per heavy atom. The standard InChI is InChI=1S/C19H24N4O2/c24-18(12-11-14-7-3-1-4-8-14)22-23-19(25)17-13-16(20-21-17)15-9-5-2-6-10-15/h2,5-6,9-10,13-14H,1,3-4,7-8,11-12H2,(H,20,21)(H,22,24)(H,23,25). The van der Waals surface area contributed by atoms with Crippen molar-refractivity contribution < 1.29 is 9.59 Å². The number of carbonyl (C=O) groups excluding carboxylic acids is 2. The quantitative estimate of drug-likeness (QED) is 0.731. The highest BCUT2D eigenvalue weighted by Gasteiger charge is 2.16. The molecule has 3 N–H and O–H groups in total. The van der Waals surface area contributed by atoms with E-state index in [1.54, 1.807) is 6.07 Å². The molecular weight excluding hydrogens is 316 g/mol. The summed E-state index contributed by atoms with van der Waals surface area (Å²) >= 11 is 0. The summed E-state index contributed by atoms with van der Waals surface area (Å²) < 4.78 is 0. The SMILES string of the molecule is O=C(CCC1CCCCC1)NNC(=O)c1cc(-c2ccccc2)n[nH]1. The number of carbonyl (C=O) groups is 2. The molecule has 1 saturated carbocycles. The van der Waals surface area contributed by atoms with Gasteiger partial charge in [0.1, 0.15) is 5.69 Å². The molecule has 0 atom stereocenters. The van der Waals surface area contributed by atoms with Crippen LogP contribution in [-0.4, -0.2) is 22.0 Å². The molecule has 0 bridgehead atoms. The lowest BCUT2D eigenvalue weighted by molar-refractivity contribution is -0.122. The lowest BCUT2D eigenvalue weighted by atomic mass is 9.86. The Morgan fingerprint density at radius 2 is 1.84 bits per heavy atom. The van der Waals surface area contributed by atoms with E-state index in [-0.39, 0.29) is 5.91 Å². The number of hydrogen-bond donors (Lipinski definition) is 3. The third-order valence-electron chi connectivity index (χ3n) is 4.71. The molecule has 1 fully saturated rings. The second-order valence-electron chi connectivity index (χ2n) is 6.58. The summed E-state index contributed by atoms with van der Waals surface area (Å²) in [5.74, 6) is 0.0960. The van der Waals surface area contributed by atoms with Gasteiger partial charge in [-0.25, -0.2) is 0 Å². The Balaban J connectivity index is 1.44. The maximum absolute atomic E-state index is 12.1. The molecular formula is C19H24N4O2. The summed E-state index contributed by atoms with van der Waals surface area (Å²) in [7, 11) is 0. The number of hydrogen-bond acceptors (Lipinski definition) is 3. The second kappa shape index (κ2) is 8.46. The van der Waals surface area contributed by atoms with Gasteiger partial charge in [0.15, 0.2) is 0 Å². The molecule has 0 radical (unpaired) electrons. The number of hydrazine groups is 1. The van der Waals surface area contributed by atoms with E-state index in [2.05, 4.69) is 21.0 Å². The van der Waals surface area contributed by atoms with Gasteiger partial charge >= 0.3 is 0 Å².